The molecular formula is C13H28N2O3Si3. The minimum Gasteiger partial charge on any atom is -0.531 e. The van der Waals surface area contributed by atoms with Crippen LogP contribution >= 0.6 is 0 Å². The van der Waals surface area contributed by atoms with Crippen molar-refractivity contribution in [3.05, 3.63) is 6.07 Å². The van der Waals surface area contributed by atoms with Crippen LogP contribution in [0, 0.1) is 0 Å². The molecule has 0 saturated carbocycles. The van der Waals surface area contributed by atoms with Crippen molar-refractivity contribution >= 4 is 25.0 Å². The third-order valence-electron chi connectivity index (χ3n) is 1.88. The van der Waals surface area contributed by atoms with Gasteiger partial charge in [0.25, 0.3) is 0 Å². The standard InChI is InChI=1S/C13H28N2O3Si3/c1-19(2,3)16-11-10-12(17-20(4,5)6)15-13(14-11)18-21(7,8)9/h10H,1-9H3. The molecule has 0 aliphatic rings. The number of hydrogen-bond donors (Lipinski definition) is 0. The molecule has 0 atom stereocenters. The van der Waals surface area contributed by atoms with Gasteiger partial charge in [0.05, 0.1) is 6.07 Å². The molecule has 1 heterocycles. The van der Waals surface area contributed by atoms with Crippen LogP contribution in [0.4, 0.5) is 0 Å². The maximum absolute atomic E-state index is 5.97. The number of aromatic nitrogens is 2. The summed E-state index contributed by atoms with van der Waals surface area (Å²) in [4.78, 5) is 8.77. The zero-order chi connectivity index (χ0) is 16.5. The molecule has 0 aromatic carbocycles. The molecule has 0 bridgehead atoms. The van der Waals surface area contributed by atoms with E-state index in [0.717, 1.165) is 0 Å². The molecule has 0 radical (unpaired) electrons. The smallest absolute Gasteiger partial charge is 0.309 e. The van der Waals surface area contributed by atoms with Crippen LogP contribution in [0.5, 0.6) is 17.8 Å². The van der Waals surface area contributed by atoms with Gasteiger partial charge in [-0.2, -0.15) is 9.97 Å². The van der Waals surface area contributed by atoms with Crippen LogP contribution in [-0.4, -0.2) is 34.9 Å². The van der Waals surface area contributed by atoms with E-state index in [4.69, 9.17) is 13.3 Å². The Morgan fingerprint density at radius 3 is 1.24 bits per heavy atom. The Bertz CT molecular complexity index is 407. The van der Waals surface area contributed by atoms with Crippen molar-refractivity contribution in [3.8, 4) is 17.8 Å². The van der Waals surface area contributed by atoms with E-state index in [-0.39, 0.29) is 0 Å². The molecule has 21 heavy (non-hydrogen) atoms. The zero-order valence-electron chi connectivity index (χ0n) is 14.7. The summed E-state index contributed by atoms with van der Waals surface area (Å²) in [5.41, 5.74) is 0. The van der Waals surface area contributed by atoms with E-state index in [1.807, 2.05) is 0 Å². The SMILES string of the molecule is C[Si](C)(C)Oc1cc(O[Si](C)(C)C)nc(O[Si](C)(C)C)n1. The van der Waals surface area contributed by atoms with Gasteiger partial charge < -0.3 is 13.3 Å². The summed E-state index contributed by atoms with van der Waals surface area (Å²) in [6.45, 7) is 19.0. The summed E-state index contributed by atoms with van der Waals surface area (Å²) >= 11 is 0. The lowest BCUT2D eigenvalue weighted by Gasteiger charge is -2.23. The molecule has 0 aliphatic heterocycles. The quantitative estimate of drug-likeness (QED) is 0.727. The maximum atomic E-state index is 5.97. The van der Waals surface area contributed by atoms with Crippen LogP contribution in [0.1, 0.15) is 0 Å². The molecular weight excluding hydrogens is 316 g/mol. The van der Waals surface area contributed by atoms with Gasteiger partial charge in [0.2, 0.25) is 36.7 Å². The van der Waals surface area contributed by atoms with Crippen molar-refractivity contribution in [3.63, 3.8) is 0 Å². The van der Waals surface area contributed by atoms with Gasteiger partial charge in [-0.25, -0.2) is 0 Å². The highest BCUT2D eigenvalue weighted by atomic mass is 28.4. The van der Waals surface area contributed by atoms with E-state index < -0.39 is 25.0 Å². The van der Waals surface area contributed by atoms with E-state index in [1.54, 1.807) is 6.07 Å². The Balaban J connectivity index is 3.13. The predicted molar refractivity (Wildman–Crippen MR) is 94.0 cm³/mol. The minimum absolute atomic E-state index is 0.359. The van der Waals surface area contributed by atoms with Crippen LogP contribution in [0.15, 0.2) is 6.07 Å². The fourth-order valence-corrected chi connectivity index (χ4v) is 3.54. The number of hydrogen-bond acceptors (Lipinski definition) is 5. The Morgan fingerprint density at radius 1 is 0.619 bits per heavy atom. The maximum Gasteiger partial charge on any atom is 0.309 e. The van der Waals surface area contributed by atoms with Crippen molar-refractivity contribution in [1.82, 2.24) is 9.97 Å². The molecule has 0 fully saturated rings. The second-order valence-electron chi connectivity index (χ2n) is 7.97. The van der Waals surface area contributed by atoms with Crippen LogP contribution < -0.4 is 13.3 Å². The third-order valence-corrected chi connectivity index (χ3v) is 4.32. The molecule has 8 heteroatoms. The van der Waals surface area contributed by atoms with Gasteiger partial charge >= 0.3 is 6.01 Å². The van der Waals surface area contributed by atoms with Gasteiger partial charge in [-0.3, -0.25) is 0 Å². The summed E-state index contributed by atoms with van der Waals surface area (Å²) in [7, 11) is -5.25. The molecule has 120 valence electrons. The highest BCUT2D eigenvalue weighted by Crippen LogP contribution is 2.25. The first-order valence-corrected chi connectivity index (χ1v) is 17.4. The van der Waals surface area contributed by atoms with Gasteiger partial charge in [-0.15, -0.1) is 0 Å². The first-order chi connectivity index (χ1) is 9.23. The van der Waals surface area contributed by atoms with Crippen LogP contribution in [0.2, 0.25) is 58.9 Å². The van der Waals surface area contributed by atoms with Crippen LogP contribution in [0.25, 0.3) is 0 Å². The van der Waals surface area contributed by atoms with Gasteiger partial charge in [0, 0.05) is 0 Å². The first-order valence-electron chi connectivity index (χ1n) is 7.20. The minimum atomic E-state index is -1.77. The monoisotopic (exact) mass is 344 g/mol. The zero-order valence-corrected chi connectivity index (χ0v) is 17.7. The third kappa shape index (κ3) is 8.22. The Morgan fingerprint density at radius 2 is 0.952 bits per heavy atom. The number of nitrogens with zero attached hydrogens (tertiary/aromatic N) is 2. The van der Waals surface area contributed by atoms with Gasteiger partial charge in [-0.1, -0.05) is 0 Å². The second-order valence-corrected chi connectivity index (χ2v) is 21.3. The predicted octanol–water partition coefficient (Wildman–Crippen LogP) is 4.12. The summed E-state index contributed by atoms with van der Waals surface area (Å²) in [6.07, 6.45) is 0. The molecule has 0 saturated heterocycles. The molecule has 0 aliphatic carbocycles. The summed E-state index contributed by atoms with van der Waals surface area (Å²) in [5, 5.41) is 0. The summed E-state index contributed by atoms with van der Waals surface area (Å²) in [5.74, 6) is 1.09. The molecule has 0 spiro atoms. The van der Waals surface area contributed by atoms with Gasteiger partial charge in [0.1, 0.15) is 0 Å². The summed E-state index contributed by atoms with van der Waals surface area (Å²) in [6, 6.07) is 2.13. The summed E-state index contributed by atoms with van der Waals surface area (Å²) < 4.78 is 17.8. The lowest BCUT2D eigenvalue weighted by molar-refractivity contribution is 0.449. The molecule has 1 aromatic heterocycles. The second kappa shape index (κ2) is 6.09. The molecule has 1 rings (SSSR count). The fourth-order valence-electron chi connectivity index (χ4n) is 1.44. The fraction of sp³-hybridized carbons (Fsp3) is 0.692. The van der Waals surface area contributed by atoms with Crippen molar-refractivity contribution < 1.29 is 13.3 Å². The average molecular weight is 345 g/mol. The largest absolute Gasteiger partial charge is 0.531 e. The van der Waals surface area contributed by atoms with Crippen molar-refractivity contribution in [2.24, 2.45) is 0 Å². The van der Waals surface area contributed by atoms with E-state index in [1.165, 1.54) is 0 Å². The molecule has 0 N–H and O–H groups in total. The molecule has 1 aromatic rings. The number of rotatable bonds is 6. The van der Waals surface area contributed by atoms with Crippen LogP contribution in [-0.2, 0) is 0 Å². The van der Waals surface area contributed by atoms with Crippen molar-refractivity contribution in [2.75, 3.05) is 0 Å². The van der Waals surface area contributed by atoms with E-state index in [9.17, 15) is 0 Å². The Kier molecular flexibility index (Phi) is 5.27. The lowest BCUT2D eigenvalue weighted by Crippen LogP contribution is -2.33. The van der Waals surface area contributed by atoms with Gasteiger partial charge in [0.15, 0.2) is 0 Å². The van der Waals surface area contributed by atoms with Crippen molar-refractivity contribution in [2.45, 2.75) is 58.9 Å². The molecule has 5 nitrogen and oxygen atoms in total. The highest BCUT2D eigenvalue weighted by Gasteiger charge is 2.24. The Hall–Kier alpha value is -0.869. The van der Waals surface area contributed by atoms with E-state index >= 15 is 0 Å². The first kappa shape index (κ1) is 18.2. The Labute approximate surface area is 131 Å². The lowest BCUT2D eigenvalue weighted by atomic mass is 10.6. The topological polar surface area (TPSA) is 53.5 Å². The highest BCUT2D eigenvalue weighted by molar-refractivity contribution is 6.71. The van der Waals surface area contributed by atoms with E-state index in [0.29, 0.717) is 17.8 Å². The van der Waals surface area contributed by atoms with Crippen LogP contribution in [0.3, 0.4) is 0 Å². The average Bonchev–Trinajstić information content (AvgIpc) is 2.06. The molecule has 0 unspecified atom stereocenters. The normalized spacial score (nSPS) is 13.0. The molecule has 0 amide bonds. The van der Waals surface area contributed by atoms with Gasteiger partial charge in [-0.05, 0) is 58.9 Å². The van der Waals surface area contributed by atoms with E-state index in [2.05, 4.69) is 68.9 Å². The van der Waals surface area contributed by atoms with Crippen molar-refractivity contribution in [1.29, 1.82) is 0 Å².